The molecule has 2 aromatic rings. The van der Waals surface area contributed by atoms with Gasteiger partial charge in [-0.15, -0.1) is 0 Å². The first-order valence-corrected chi connectivity index (χ1v) is 8.78. The Bertz CT molecular complexity index is 548. The van der Waals surface area contributed by atoms with E-state index < -0.39 is 5.60 Å². The lowest BCUT2D eigenvalue weighted by Crippen LogP contribution is -2.42. The van der Waals surface area contributed by atoms with E-state index in [0.29, 0.717) is 6.04 Å². The fraction of sp³-hybridized carbons (Fsp3) is 0.429. The first-order chi connectivity index (χ1) is 11.2. The van der Waals surface area contributed by atoms with E-state index in [9.17, 15) is 5.11 Å². The minimum atomic E-state index is -0.437. The zero-order valence-electron chi connectivity index (χ0n) is 13.9. The quantitative estimate of drug-likeness (QED) is 0.855. The van der Waals surface area contributed by atoms with Crippen LogP contribution >= 0.6 is 0 Å². The Balaban J connectivity index is 1.76. The molecule has 2 nitrogen and oxygen atoms in total. The summed E-state index contributed by atoms with van der Waals surface area (Å²) in [7, 11) is 0. The molecular formula is C21H27NO. The van der Waals surface area contributed by atoms with Gasteiger partial charge in [0.15, 0.2) is 0 Å². The number of aliphatic hydroxyl groups is 1. The summed E-state index contributed by atoms with van der Waals surface area (Å²) < 4.78 is 0. The van der Waals surface area contributed by atoms with Crippen molar-refractivity contribution >= 4 is 0 Å². The van der Waals surface area contributed by atoms with E-state index in [0.717, 1.165) is 32.1 Å². The summed E-state index contributed by atoms with van der Waals surface area (Å²) in [6.45, 7) is 2.09. The van der Waals surface area contributed by atoms with Gasteiger partial charge in [0, 0.05) is 6.04 Å². The van der Waals surface area contributed by atoms with Crippen LogP contribution in [0.25, 0.3) is 0 Å². The van der Waals surface area contributed by atoms with E-state index in [1.807, 2.05) is 0 Å². The smallest absolute Gasteiger partial charge is 0.0646 e. The topological polar surface area (TPSA) is 32.3 Å². The Morgan fingerprint density at radius 2 is 1.43 bits per heavy atom. The molecule has 122 valence electrons. The van der Waals surface area contributed by atoms with Gasteiger partial charge in [-0.05, 0) is 43.2 Å². The SMILES string of the molecule is CCC1(O)CCC(NC(c2ccccc2)c2ccccc2)CC1. The van der Waals surface area contributed by atoms with Crippen molar-refractivity contribution in [3.8, 4) is 0 Å². The van der Waals surface area contributed by atoms with E-state index in [2.05, 4.69) is 72.9 Å². The van der Waals surface area contributed by atoms with Gasteiger partial charge in [-0.2, -0.15) is 0 Å². The second kappa shape index (κ2) is 7.29. The molecule has 1 fully saturated rings. The molecule has 0 amide bonds. The van der Waals surface area contributed by atoms with Crippen LogP contribution in [0, 0.1) is 0 Å². The normalized spacial score (nSPS) is 24.7. The van der Waals surface area contributed by atoms with Crippen LogP contribution in [0.2, 0.25) is 0 Å². The van der Waals surface area contributed by atoms with Gasteiger partial charge in [0.05, 0.1) is 11.6 Å². The zero-order chi connectivity index (χ0) is 16.1. The van der Waals surface area contributed by atoms with Crippen molar-refractivity contribution in [2.75, 3.05) is 0 Å². The van der Waals surface area contributed by atoms with E-state index in [1.54, 1.807) is 0 Å². The van der Waals surface area contributed by atoms with Crippen molar-refractivity contribution in [3.05, 3.63) is 71.8 Å². The summed E-state index contributed by atoms with van der Waals surface area (Å²) in [6, 6.07) is 22.0. The molecule has 2 N–H and O–H groups in total. The highest BCUT2D eigenvalue weighted by atomic mass is 16.3. The highest BCUT2D eigenvalue weighted by Gasteiger charge is 2.32. The summed E-state index contributed by atoms with van der Waals surface area (Å²) in [5.41, 5.74) is 2.16. The molecule has 2 heteroatoms. The lowest BCUT2D eigenvalue weighted by Gasteiger charge is -2.37. The molecule has 0 atom stereocenters. The second-order valence-corrected chi connectivity index (χ2v) is 6.77. The van der Waals surface area contributed by atoms with Crippen molar-refractivity contribution in [2.45, 2.75) is 56.7 Å². The molecule has 23 heavy (non-hydrogen) atoms. The van der Waals surface area contributed by atoms with Crippen molar-refractivity contribution in [1.82, 2.24) is 5.32 Å². The van der Waals surface area contributed by atoms with Crippen LogP contribution in [-0.4, -0.2) is 16.7 Å². The predicted molar refractivity (Wildman–Crippen MR) is 95.4 cm³/mol. The zero-order valence-corrected chi connectivity index (χ0v) is 13.9. The molecule has 0 aliphatic heterocycles. The van der Waals surface area contributed by atoms with Crippen LogP contribution in [0.3, 0.4) is 0 Å². The lowest BCUT2D eigenvalue weighted by atomic mass is 9.80. The molecule has 0 saturated heterocycles. The second-order valence-electron chi connectivity index (χ2n) is 6.77. The summed E-state index contributed by atoms with van der Waals surface area (Å²) in [5.74, 6) is 0. The highest BCUT2D eigenvalue weighted by molar-refractivity contribution is 5.31. The van der Waals surface area contributed by atoms with E-state index in [-0.39, 0.29) is 6.04 Å². The Hall–Kier alpha value is -1.64. The molecule has 1 aliphatic rings. The molecule has 0 heterocycles. The van der Waals surface area contributed by atoms with Gasteiger partial charge >= 0.3 is 0 Å². The summed E-state index contributed by atoms with van der Waals surface area (Å²) >= 11 is 0. The Labute approximate surface area is 139 Å². The van der Waals surface area contributed by atoms with Crippen molar-refractivity contribution in [1.29, 1.82) is 0 Å². The molecule has 2 aromatic carbocycles. The third-order valence-electron chi connectivity index (χ3n) is 5.24. The summed E-state index contributed by atoms with van der Waals surface area (Å²) in [4.78, 5) is 0. The monoisotopic (exact) mass is 309 g/mol. The summed E-state index contributed by atoms with van der Waals surface area (Å²) in [6.07, 6.45) is 4.75. The van der Waals surface area contributed by atoms with Crippen LogP contribution < -0.4 is 5.32 Å². The van der Waals surface area contributed by atoms with E-state index >= 15 is 0 Å². The van der Waals surface area contributed by atoms with Gasteiger partial charge in [-0.25, -0.2) is 0 Å². The Morgan fingerprint density at radius 3 is 1.87 bits per heavy atom. The number of hydrogen-bond acceptors (Lipinski definition) is 2. The number of hydrogen-bond donors (Lipinski definition) is 2. The van der Waals surface area contributed by atoms with Gasteiger partial charge in [0.1, 0.15) is 0 Å². The first-order valence-electron chi connectivity index (χ1n) is 8.78. The van der Waals surface area contributed by atoms with Gasteiger partial charge < -0.3 is 10.4 Å². The number of nitrogens with one attached hydrogen (secondary N) is 1. The van der Waals surface area contributed by atoms with E-state index in [4.69, 9.17) is 0 Å². The molecular weight excluding hydrogens is 282 g/mol. The van der Waals surface area contributed by atoms with Crippen LogP contribution in [-0.2, 0) is 0 Å². The van der Waals surface area contributed by atoms with Crippen LogP contribution in [0.5, 0.6) is 0 Å². The van der Waals surface area contributed by atoms with Crippen LogP contribution in [0.4, 0.5) is 0 Å². The number of rotatable bonds is 5. The Kier molecular flexibility index (Phi) is 5.14. The first kappa shape index (κ1) is 16.2. The van der Waals surface area contributed by atoms with Gasteiger partial charge in [0.2, 0.25) is 0 Å². The van der Waals surface area contributed by atoms with Gasteiger partial charge in [-0.3, -0.25) is 0 Å². The van der Waals surface area contributed by atoms with Crippen LogP contribution in [0.15, 0.2) is 60.7 Å². The lowest BCUT2D eigenvalue weighted by molar-refractivity contribution is -0.00743. The largest absolute Gasteiger partial charge is 0.390 e. The highest BCUT2D eigenvalue weighted by Crippen LogP contribution is 2.33. The van der Waals surface area contributed by atoms with Gasteiger partial charge in [0.25, 0.3) is 0 Å². The molecule has 0 bridgehead atoms. The average molecular weight is 309 g/mol. The predicted octanol–water partition coefficient (Wildman–Crippen LogP) is 4.45. The molecule has 1 aliphatic carbocycles. The molecule has 0 radical (unpaired) electrons. The number of benzene rings is 2. The molecule has 0 unspecified atom stereocenters. The molecule has 0 spiro atoms. The van der Waals surface area contributed by atoms with Crippen LogP contribution in [0.1, 0.15) is 56.2 Å². The van der Waals surface area contributed by atoms with Crippen molar-refractivity contribution in [3.63, 3.8) is 0 Å². The Morgan fingerprint density at radius 1 is 0.957 bits per heavy atom. The molecule has 3 rings (SSSR count). The maximum absolute atomic E-state index is 10.4. The maximum Gasteiger partial charge on any atom is 0.0646 e. The standard InChI is InChI=1S/C21H27NO/c1-2-21(23)15-13-19(14-16-21)22-20(17-9-5-3-6-10-17)18-11-7-4-8-12-18/h3-12,19-20,22-23H,2,13-16H2,1H3. The minimum Gasteiger partial charge on any atom is -0.390 e. The molecule has 1 saturated carbocycles. The van der Waals surface area contributed by atoms with E-state index in [1.165, 1.54) is 11.1 Å². The van der Waals surface area contributed by atoms with Crippen molar-refractivity contribution < 1.29 is 5.11 Å². The van der Waals surface area contributed by atoms with Crippen molar-refractivity contribution in [2.24, 2.45) is 0 Å². The fourth-order valence-electron chi connectivity index (χ4n) is 3.59. The third-order valence-corrected chi connectivity index (χ3v) is 5.24. The minimum absolute atomic E-state index is 0.218. The average Bonchev–Trinajstić information content (AvgIpc) is 2.63. The fourth-order valence-corrected chi connectivity index (χ4v) is 3.59. The maximum atomic E-state index is 10.4. The third kappa shape index (κ3) is 4.01. The molecule has 0 aromatic heterocycles. The summed E-state index contributed by atoms with van der Waals surface area (Å²) in [5, 5.41) is 14.3. The van der Waals surface area contributed by atoms with Gasteiger partial charge in [-0.1, -0.05) is 67.6 Å².